The van der Waals surface area contributed by atoms with Crippen LogP contribution in [-0.4, -0.2) is 13.1 Å². The molecule has 106 valence electrons. The number of nitrogens with one attached hydrogen (secondary N) is 1. The Morgan fingerprint density at radius 2 is 2.11 bits per heavy atom. The van der Waals surface area contributed by atoms with E-state index in [2.05, 4.69) is 35.1 Å². The lowest BCUT2D eigenvalue weighted by Crippen LogP contribution is -2.42. The van der Waals surface area contributed by atoms with Gasteiger partial charge in [0.25, 0.3) is 0 Å². The summed E-state index contributed by atoms with van der Waals surface area (Å²) in [6.45, 7) is 6.56. The molecule has 1 nitrogen and oxygen atoms in total. The van der Waals surface area contributed by atoms with Crippen molar-refractivity contribution in [3.63, 3.8) is 0 Å². The molecule has 0 aromatic heterocycles. The minimum absolute atomic E-state index is 0.136. The second-order valence-electron chi connectivity index (χ2n) is 6.29. The van der Waals surface area contributed by atoms with Gasteiger partial charge in [0.1, 0.15) is 5.82 Å². The van der Waals surface area contributed by atoms with Crippen LogP contribution in [0.2, 0.25) is 0 Å². The molecule has 19 heavy (non-hydrogen) atoms. The molecule has 3 heteroatoms. The van der Waals surface area contributed by atoms with Crippen LogP contribution in [0.3, 0.4) is 0 Å². The van der Waals surface area contributed by atoms with E-state index in [-0.39, 0.29) is 5.82 Å². The summed E-state index contributed by atoms with van der Waals surface area (Å²) in [5, 5.41) is 3.57. The number of halogens is 2. The van der Waals surface area contributed by atoms with Gasteiger partial charge < -0.3 is 5.32 Å². The van der Waals surface area contributed by atoms with Gasteiger partial charge in [-0.15, -0.1) is 0 Å². The first-order chi connectivity index (χ1) is 9.01. The SMILES string of the molecule is CC(C)CNCC1(Cc2cc(F)ccc2Br)CCC1. The molecule has 1 saturated carbocycles. The van der Waals surface area contributed by atoms with Gasteiger partial charge in [0.05, 0.1) is 0 Å². The maximum atomic E-state index is 13.4. The van der Waals surface area contributed by atoms with Crippen LogP contribution in [0.5, 0.6) is 0 Å². The zero-order valence-corrected chi connectivity index (χ0v) is 13.4. The smallest absolute Gasteiger partial charge is 0.123 e. The van der Waals surface area contributed by atoms with Crippen molar-refractivity contribution in [2.45, 2.75) is 39.5 Å². The number of hydrogen-bond donors (Lipinski definition) is 1. The summed E-state index contributed by atoms with van der Waals surface area (Å²) in [5.74, 6) is 0.542. The van der Waals surface area contributed by atoms with Crippen LogP contribution in [-0.2, 0) is 6.42 Å². The molecular weight excluding hydrogens is 305 g/mol. The molecule has 0 saturated heterocycles. The molecule has 0 unspecified atom stereocenters. The van der Waals surface area contributed by atoms with Crippen molar-refractivity contribution in [3.8, 4) is 0 Å². The largest absolute Gasteiger partial charge is 0.316 e. The van der Waals surface area contributed by atoms with E-state index in [4.69, 9.17) is 0 Å². The van der Waals surface area contributed by atoms with E-state index < -0.39 is 0 Å². The Bertz CT molecular complexity index is 427. The van der Waals surface area contributed by atoms with Crippen molar-refractivity contribution in [2.24, 2.45) is 11.3 Å². The third-order valence-corrected chi connectivity index (χ3v) is 4.81. The molecule has 0 bridgehead atoms. The van der Waals surface area contributed by atoms with Crippen molar-refractivity contribution >= 4 is 15.9 Å². The summed E-state index contributed by atoms with van der Waals surface area (Å²) in [7, 11) is 0. The minimum atomic E-state index is -0.136. The maximum Gasteiger partial charge on any atom is 0.123 e. The molecule has 0 amide bonds. The molecule has 0 atom stereocenters. The van der Waals surface area contributed by atoms with E-state index in [9.17, 15) is 4.39 Å². The van der Waals surface area contributed by atoms with Crippen LogP contribution in [0.1, 0.15) is 38.7 Å². The van der Waals surface area contributed by atoms with Crippen molar-refractivity contribution in [3.05, 3.63) is 34.1 Å². The highest BCUT2D eigenvalue weighted by Crippen LogP contribution is 2.44. The lowest BCUT2D eigenvalue weighted by molar-refractivity contribution is 0.128. The first-order valence-corrected chi connectivity index (χ1v) is 7.95. The summed E-state index contributed by atoms with van der Waals surface area (Å²) in [6, 6.07) is 5.00. The van der Waals surface area contributed by atoms with Crippen LogP contribution in [0, 0.1) is 17.2 Å². The van der Waals surface area contributed by atoms with Gasteiger partial charge in [-0.2, -0.15) is 0 Å². The normalized spacial score (nSPS) is 17.5. The van der Waals surface area contributed by atoms with Gasteiger partial charge in [-0.25, -0.2) is 4.39 Å². The van der Waals surface area contributed by atoms with Gasteiger partial charge in [-0.05, 0) is 60.9 Å². The molecule has 1 N–H and O–H groups in total. The third-order valence-electron chi connectivity index (χ3n) is 4.04. The predicted molar refractivity (Wildman–Crippen MR) is 81.8 cm³/mol. The molecule has 0 heterocycles. The highest BCUT2D eigenvalue weighted by Gasteiger charge is 2.37. The maximum absolute atomic E-state index is 13.4. The van der Waals surface area contributed by atoms with Gasteiger partial charge in [-0.3, -0.25) is 0 Å². The predicted octanol–water partition coefficient (Wildman–Crippen LogP) is 4.55. The highest BCUT2D eigenvalue weighted by molar-refractivity contribution is 9.10. The molecule has 1 aromatic carbocycles. The lowest BCUT2D eigenvalue weighted by Gasteiger charge is -2.43. The fraction of sp³-hybridized carbons (Fsp3) is 0.625. The first-order valence-electron chi connectivity index (χ1n) is 7.15. The Labute approximate surface area is 124 Å². The van der Waals surface area contributed by atoms with Crippen molar-refractivity contribution in [2.75, 3.05) is 13.1 Å². The van der Waals surface area contributed by atoms with Crippen molar-refractivity contribution in [1.29, 1.82) is 0 Å². The average Bonchev–Trinajstić information content (AvgIpc) is 2.30. The van der Waals surface area contributed by atoms with E-state index in [1.807, 2.05) is 6.07 Å². The first kappa shape index (κ1) is 15.0. The Hall–Kier alpha value is -0.410. The van der Waals surface area contributed by atoms with Crippen molar-refractivity contribution in [1.82, 2.24) is 5.32 Å². The fourth-order valence-electron chi connectivity index (χ4n) is 2.80. The van der Waals surface area contributed by atoms with Crippen LogP contribution in [0.25, 0.3) is 0 Å². The number of benzene rings is 1. The molecular formula is C16H23BrFN. The van der Waals surface area contributed by atoms with Gasteiger partial charge in [0.2, 0.25) is 0 Å². The van der Waals surface area contributed by atoms with Gasteiger partial charge in [0, 0.05) is 11.0 Å². The Morgan fingerprint density at radius 3 is 2.68 bits per heavy atom. The van der Waals surface area contributed by atoms with Gasteiger partial charge >= 0.3 is 0 Å². The molecule has 1 aromatic rings. The van der Waals surface area contributed by atoms with E-state index in [1.165, 1.54) is 25.3 Å². The van der Waals surface area contributed by atoms with Crippen molar-refractivity contribution < 1.29 is 4.39 Å². The minimum Gasteiger partial charge on any atom is -0.316 e. The zero-order chi connectivity index (χ0) is 13.9. The molecule has 1 aliphatic rings. The standard InChI is InChI=1S/C16H23BrFN/c1-12(2)10-19-11-16(6-3-7-16)9-13-8-14(18)4-5-15(13)17/h4-5,8,12,19H,3,6-7,9-11H2,1-2H3. The van der Waals surface area contributed by atoms with E-state index in [0.29, 0.717) is 11.3 Å². The zero-order valence-electron chi connectivity index (χ0n) is 11.8. The molecule has 0 aliphatic heterocycles. The summed E-state index contributed by atoms with van der Waals surface area (Å²) in [5.41, 5.74) is 1.44. The van der Waals surface area contributed by atoms with Gasteiger partial charge in [-0.1, -0.05) is 36.2 Å². The second-order valence-corrected chi connectivity index (χ2v) is 7.15. The average molecular weight is 328 g/mol. The molecule has 1 fully saturated rings. The monoisotopic (exact) mass is 327 g/mol. The Kier molecular flexibility index (Phi) is 5.02. The fourth-order valence-corrected chi connectivity index (χ4v) is 3.19. The Balaban J connectivity index is 1.99. The van der Waals surface area contributed by atoms with Crippen LogP contribution < -0.4 is 5.32 Å². The Morgan fingerprint density at radius 1 is 1.37 bits per heavy atom. The summed E-state index contributed by atoms with van der Waals surface area (Å²) < 4.78 is 14.4. The highest BCUT2D eigenvalue weighted by atomic mass is 79.9. The van der Waals surface area contributed by atoms with Crippen LogP contribution in [0.15, 0.2) is 22.7 Å². The molecule has 2 rings (SSSR count). The third kappa shape index (κ3) is 4.03. The van der Waals surface area contributed by atoms with Crippen LogP contribution >= 0.6 is 15.9 Å². The summed E-state index contributed by atoms with van der Waals surface area (Å²) >= 11 is 3.54. The number of rotatable bonds is 6. The second kappa shape index (κ2) is 6.36. The topological polar surface area (TPSA) is 12.0 Å². The van der Waals surface area contributed by atoms with E-state index in [1.54, 1.807) is 6.07 Å². The van der Waals surface area contributed by atoms with Gasteiger partial charge in [0.15, 0.2) is 0 Å². The molecule has 0 radical (unpaired) electrons. The number of hydrogen-bond acceptors (Lipinski definition) is 1. The summed E-state index contributed by atoms with van der Waals surface area (Å²) in [4.78, 5) is 0. The summed E-state index contributed by atoms with van der Waals surface area (Å²) in [6.07, 6.45) is 4.77. The quantitative estimate of drug-likeness (QED) is 0.808. The van der Waals surface area contributed by atoms with Crippen LogP contribution in [0.4, 0.5) is 4.39 Å². The lowest BCUT2D eigenvalue weighted by atomic mass is 9.65. The molecule has 0 spiro atoms. The van der Waals surface area contributed by atoms with E-state index >= 15 is 0 Å². The van der Waals surface area contributed by atoms with E-state index in [0.717, 1.165) is 29.5 Å². The molecule has 1 aliphatic carbocycles.